The van der Waals surface area contributed by atoms with Crippen LogP contribution in [-0.4, -0.2) is 12.4 Å². The smallest absolute Gasteiger partial charge is 0.188 e. The van der Waals surface area contributed by atoms with Gasteiger partial charge in [-0.15, -0.1) is 0 Å². The van der Waals surface area contributed by atoms with Crippen molar-refractivity contribution in [2.75, 3.05) is 6.61 Å². The zero-order chi connectivity index (χ0) is 10.4. The van der Waals surface area contributed by atoms with E-state index in [-0.39, 0.29) is 5.78 Å². The topological polar surface area (TPSA) is 26.3 Å². The molecule has 0 unspecified atom stereocenters. The summed E-state index contributed by atoms with van der Waals surface area (Å²) in [7, 11) is 0. The van der Waals surface area contributed by atoms with Crippen LogP contribution in [0.4, 0.5) is 0 Å². The van der Waals surface area contributed by atoms with Gasteiger partial charge in [0.25, 0.3) is 0 Å². The minimum atomic E-state index is -0.0879. The lowest BCUT2D eigenvalue weighted by Crippen LogP contribution is -1.93. The number of halogens is 1. The van der Waals surface area contributed by atoms with Gasteiger partial charge in [0, 0.05) is 16.7 Å². The second-order valence-electron chi connectivity index (χ2n) is 2.63. The molecule has 0 fully saturated rings. The number of hydrogen-bond donors (Lipinski definition) is 0. The molecule has 0 spiro atoms. The van der Waals surface area contributed by atoms with Gasteiger partial charge in [-0.3, -0.25) is 4.79 Å². The fourth-order valence-corrected chi connectivity index (χ4v) is 1.04. The summed E-state index contributed by atoms with van der Waals surface area (Å²) >= 11 is 5.69. The van der Waals surface area contributed by atoms with Gasteiger partial charge in [-0.05, 0) is 31.2 Å². The molecule has 1 rings (SSSR count). The third-order valence-electron chi connectivity index (χ3n) is 1.61. The first-order valence-electron chi connectivity index (χ1n) is 4.32. The van der Waals surface area contributed by atoms with Crippen LogP contribution in [0.15, 0.2) is 36.6 Å². The lowest BCUT2D eigenvalue weighted by atomic mass is 10.1. The number of allylic oxidation sites excluding steroid dienone is 1. The summed E-state index contributed by atoms with van der Waals surface area (Å²) in [5.41, 5.74) is 0.602. The predicted molar refractivity (Wildman–Crippen MR) is 56.5 cm³/mol. The zero-order valence-corrected chi connectivity index (χ0v) is 8.62. The highest BCUT2D eigenvalue weighted by molar-refractivity contribution is 6.30. The molecular weight excluding hydrogens is 200 g/mol. The summed E-state index contributed by atoms with van der Waals surface area (Å²) in [5.74, 6) is -0.0879. The van der Waals surface area contributed by atoms with Gasteiger partial charge in [0.05, 0.1) is 12.9 Å². The molecule has 74 valence electrons. The number of carbonyl (C=O) groups excluding carboxylic acids is 1. The monoisotopic (exact) mass is 210 g/mol. The Morgan fingerprint density at radius 3 is 2.64 bits per heavy atom. The fraction of sp³-hybridized carbons (Fsp3) is 0.182. The molecular formula is C11H11ClO2. The molecule has 3 heteroatoms. The number of ether oxygens (including phenoxy) is 1. The minimum Gasteiger partial charge on any atom is -0.501 e. The Balaban J connectivity index is 2.65. The van der Waals surface area contributed by atoms with E-state index in [9.17, 15) is 4.79 Å². The summed E-state index contributed by atoms with van der Waals surface area (Å²) in [4.78, 5) is 11.4. The van der Waals surface area contributed by atoms with Crippen molar-refractivity contribution in [1.82, 2.24) is 0 Å². The van der Waals surface area contributed by atoms with E-state index in [4.69, 9.17) is 16.3 Å². The van der Waals surface area contributed by atoms with Gasteiger partial charge in [-0.1, -0.05) is 11.6 Å². The van der Waals surface area contributed by atoms with E-state index in [1.807, 2.05) is 6.92 Å². The summed E-state index contributed by atoms with van der Waals surface area (Å²) in [6.07, 6.45) is 2.80. The summed E-state index contributed by atoms with van der Waals surface area (Å²) in [6, 6.07) is 6.73. The van der Waals surface area contributed by atoms with E-state index in [1.54, 1.807) is 24.3 Å². The highest BCUT2D eigenvalue weighted by atomic mass is 35.5. The molecule has 0 atom stereocenters. The quantitative estimate of drug-likeness (QED) is 0.434. The van der Waals surface area contributed by atoms with Crippen molar-refractivity contribution in [3.8, 4) is 0 Å². The molecule has 1 aromatic rings. The highest BCUT2D eigenvalue weighted by Crippen LogP contribution is 2.10. The second-order valence-corrected chi connectivity index (χ2v) is 3.07. The molecule has 0 amide bonds. The first-order valence-corrected chi connectivity index (χ1v) is 4.70. The van der Waals surface area contributed by atoms with Gasteiger partial charge >= 0.3 is 0 Å². The maximum Gasteiger partial charge on any atom is 0.188 e. The second kappa shape index (κ2) is 5.45. The molecule has 14 heavy (non-hydrogen) atoms. The van der Waals surface area contributed by atoms with E-state index in [0.717, 1.165) is 0 Å². The van der Waals surface area contributed by atoms with Crippen LogP contribution in [0.2, 0.25) is 5.02 Å². The molecule has 2 nitrogen and oxygen atoms in total. The maximum absolute atomic E-state index is 11.4. The average Bonchev–Trinajstić information content (AvgIpc) is 2.19. The van der Waals surface area contributed by atoms with E-state index < -0.39 is 0 Å². The van der Waals surface area contributed by atoms with E-state index >= 15 is 0 Å². The van der Waals surface area contributed by atoms with Crippen LogP contribution < -0.4 is 0 Å². The van der Waals surface area contributed by atoms with Gasteiger partial charge in [-0.25, -0.2) is 0 Å². The molecule has 0 bridgehead atoms. The van der Waals surface area contributed by atoms with Crippen LogP contribution in [-0.2, 0) is 4.74 Å². The van der Waals surface area contributed by atoms with Crippen molar-refractivity contribution >= 4 is 17.4 Å². The van der Waals surface area contributed by atoms with Crippen LogP contribution in [0.25, 0.3) is 0 Å². The van der Waals surface area contributed by atoms with Crippen LogP contribution in [0, 0.1) is 0 Å². The molecule has 0 aliphatic rings. The Kier molecular flexibility index (Phi) is 4.20. The van der Waals surface area contributed by atoms with Gasteiger partial charge in [0.2, 0.25) is 0 Å². The average molecular weight is 211 g/mol. The molecule has 0 heterocycles. The summed E-state index contributed by atoms with van der Waals surface area (Å²) in [6.45, 7) is 2.42. The molecule has 0 radical (unpaired) electrons. The largest absolute Gasteiger partial charge is 0.501 e. The van der Waals surface area contributed by atoms with E-state index in [0.29, 0.717) is 17.2 Å². The van der Waals surface area contributed by atoms with Crippen LogP contribution >= 0.6 is 11.6 Å². The standard InChI is InChI=1S/C11H11ClO2/c1-2-14-8-7-11(13)9-3-5-10(12)6-4-9/h3-8H,2H2,1H3. The van der Waals surface area contributed by atoms with E-state index in [1.165, 1.54) is 12.3 Å². The number of benzene rings is 1. The lowest BCUT2D eigenvalue weighted by Gasteiger charge is -1.96. The number of carbonyl (C=O) groups is 1. The van der Waals surface area contributed by atoms with Gasteiger partial charge in [0.1, 0.15) is 0 Å². The summed E-state index contributed by atoms with van der Waals surface area (Å²) < 4.78 is 4.92. The van der Waals surface area contributed by atoms with Crippen LogP contribution in [0.1, 0.15) is 17.3 Å². The Labute approximate surface area is 88.1 Å². The Bertz CT molecular complexity index is 328. The molecule has 0 N–H and O–H groups in total. The van der Waals surface area contributed by atoms with Crippen LogP contribution in [0.3, 0.4) is 0 Å². The Morgan fingerprint density at radius 1 is 1.43 bits per heavy atom. The molecule has 0 saturated carbocycles. The maximum atomic E-state index is 11.4. The number of hydrogen-bond acceptors (Lipinski definition) is 2. The van der Waals surface area contributed by atoms with Crippen molar-refractivity contribution in [3.63, 3.8) is 0 Å². The van der Waals surface area contributed by atoms with Gasteiger partial charge in [0.15, 0.2) is 5.78 Å². The number of rotatable bonds is 4. The van der Waals surface area contributed by atoms with Crippen molar-refractivity contribution < 1.29 is 9.53 Å². The summed E-state index contributed by atoms with van der Waals surface area (Å²) in [5, 5.41) is 0.621. The normalized spacial score (nSPS) is 10.4. The van der Waals surface area contributed by atoms with Crippen LogP contribution in [0.5, 0.6) is 0 Å². The van der Waals surface area contributed by atoms with Crippen molar-refractivity contribution in [2.45, 2.75) is 6.92 Å². The Morgan fingerprint density at radius 2 is 2.07 bits per heavy atom. The van der Waals surface area contributed by atoms with Crippen molar-refractivity contribution in [2.24, 2.45) is 0 Å². The molecule has 1 aromatic carbocycles. The number of ketones is 1. The predicted octanol–water partition coefficient (Wildman–Crippen LogP) is 3.07. The van der Waals surface area contributed by atoms with Gasteiger partial charge < -0.3 is 4.74 Å². The van der Waals surface area contributed by atoms with Gasteiger partial charge in [-0.2, -0.15) is 0 Å². The fourth-order valence-electron chi connectivity index (χ4n) is 0.917. The first kappa shape index (κ1) is 10.8. The van der Waals surface area contributed by atoms with E-state index in [2.05, 4.69) is 0 Å². The SMILES string of the molecule is CCOC=CC(=O)c1ccc(Cl)cc1. The lowest BCUT2D eigenvalue weighted by molar-refractivity contribution is 0.104. The molecule has 0 aliphatic carbocycles. The first-order chi connectivity index (χ1) is 6.74. The van der Waals surface area contributed by atoms with Crippen molar-refractivity contribution in [1.29, 1.82) is 0 Å². The molecule has 0 saturated heterocycles. The van der Waals surface area contributed by atoms with Crippen molar-refractivity contribution in [3.05, 3.63) is 47.2 Å². The molecule has 0 aliphatic heterocycles. The zero-order valence-electron chi connectivity index (χ0n) is 7.87. The Hall–Kier alpha value is -1.28. The third kappa shape index (κ3) is 3.23. The highest BCUT2D eigenvalue weighted by Gasteiger charge is 2.00. The molecule has 0 aromatic heterocycles. The third-order valence-corrected chi connectivity index (χ3v) is 1.86. The minimum absolute atomic E-state index is 0.0879.